The van der Waals surface area contributed by atoms with Crippen LogP contribution in [0.3, 0.4) is 0 Å². The molecule has 0 aliphatic carbocycles. The second-order valence-electron chi connectivity index (χ2n) is 5.10. The maximum absolute atomic E-state index is 12.2. The number of nitrogens with one attached hydrogen (secondary N) is 1. The number of carbonyl (C=O) groups is 3. The van der Waals surface area contributed by atoms with E-state index in [1.807, 2.05) is 0 Å². The van der Waals surface area contributed by atoms with E-state index in [1.165, 1.54) is 11.8 Å². The Kier molecular flexibility index (Phi) is 4.65. The molecule has 2 amide bonds. The van der Waals surface area contributed by atoms with Crippen LogP contribution in [0, 0.1) is 0 Å². The van der Waals surface area contributed by atoms with E-state index in [0.717, 1.165) is 0 Å². The van der Waals surface area contributed by atoms with Crippen LogP contribution >= 0.6 is 0 Å². The average molecular weight is 306 g/mol. The number of hydrogen-bond acceptors (Lipinski definition) is 4. The molecule has 0 saturated heterocycles. The Labute approximate surface area is 127 Å². The molecule has 2 rings (SSSR count). The predicted octanol–water partition coefficient (Wildman–Crippen LogP) is 0.780. The number of para-hydroxylation sites is 2. The van der Waals surface area contributed by atoms with E-state index < -0.39 is 24.0 Å². The summed E-state index contributed by atoms with van der Waals surface area (Å²) in [6.07, 6.45) is -0.597. The Morgan fingerprint density at radius 3 is 2.77 bits per heavy atom. The van der Waals surface area contributed by atoms with Crippen LogP contribution in [0.25, 0.3) is 0 Å². The molecule has 0 saturated carbocycles. The van der Waals surface area contributed by atoms with E-state index in [0.29, 0.717) is 11.4 Å². The predicted molar refractivity (Wildman–Crippen MR) is 78.7 cm³/mol. The first-order valence-corrected chi connectivity index (χ1v) is 6.99. The van der Waals surface area contributed by atoms with E-state index >= 15 is 0 Å². The molecule has 1 aromatic rings. The number of fused-ring (bicyclic) bond motifs is 1. The molecule has 7 nitrogen and oxygen atoms in total. The lowest BCUT2D eigenvalue weighted by Gasteiger charge is -2.32. The summed E-state index contributed by atoms with van der Waals surface area (Å²) in [7, 11) is 0. The summed E-state index contributed by atoms with van der Waals surface area (Å²) in [5, 5.41) is 11.1. The van der Waals surface area contributed by atoms with Gasteiger partial charge >= 0.3 is 5.97 Å². The van der Waals surface area contributed by atoms with Crippen molar-refractivity contribution in [3.63, 3.8) is 0 Å². The quantitative estimate of drug-likeness (QED) is 0.838. The maximum atomic E-state index is 12.2. The molecule has 1 aromatic carbocycles. The highest BCUT2D eigenvalue weighted by atomic mass is 16.5. The summed E-state index contributed by atoms with van der Waals surface area (Å²) in [5.41, 5.74) is 0.615. The second kappa shape index (κ2) is 6.46. The van der Waals surface area contributed by atoms with Crippen molar-refractivity contribution >= 4 is 23.5 Å². The molecule has 0 fully saturated rings. The van der Waals surface area contributed by atoms with E-state index in [1.54, 1.807) is 31.2 Å². The zero-order valence-corrected chi connectivity index (χ0v) is 12.4. The van der Waals surface area contributed by atoms with Gasteiger partial charge in [0.05, 0.1) is 5.69 Å². The lowest BCUT2D eigenvalue weighted by Crippen LogP contribution is -2.46. The van der Waals surface area contributed by atoms with Gasteiger partial charge in [0.25, 0.3) is 5.91 Å². The largest absolute Gasteiger partial charge is 0.480 e. The van der Waals surface area contributed by atoms with Crippen LogP contribution in [0.5, 0.6) is 5.75 Å². The number of aliphatic carboxylic acids is 1. The van der Waals surface area contributed by atoms with Gasteiger partial charge < -0.3 is 20.1 Å². The average Bonchev–Trinajstić information content (AvgIpc) is 2.47. The molecule has 0 radical (unpaired) electrons. The number of rotatable bonds is 5. The van der Waals surface area contributed by atoms with Crippen LogP contribution in [0.15, 0.2) is 24.3 Å². The molecule has 1 aliphatic rings. The van der Waals surface area contributed by atoms with Gasteiger partial charge in [0.15, 0.2) is 6.10 Å². The number of carbonyl (C=O) groups excluding carboxylic acids is 2. The zero-order valence-electron chi connectivity index (χ0n) is 12.4. The lowest BCUT2D eigenvalue weighted by molar-refractivity contribution is -0.141. The summed E-state index contributed by atoms with van der Waals surface area (Å²) >= 11 is 0. The molecule has 1 heterocycles. The standard InChI is InChI=1S/C15H18N2O5/c1-9(15(20)21)16-13(18)7-8-17-11-5-3-4-6-12(11)22-10(2)14(17)19/h3-6,9-10H,7-8H2,1-2H3,(H,16,18)(H,20,21)/t9-,10?/m1/s1. The number of anilines is 1. The van der Waals surface area contributed by atoms with E-state index in [2.05, 4.69) is 5.32 Å². The van der Waals surface area contributed by atoms with Crippen LogP contribution in [0.4, 0.5) is 5.69 Å². The van der Waals surface area contributed by atoms with Gasteiger partial charge in [0, 0.05) is 13.0 Å². The first-order chi connectivity index (χ1) is 10.4. The minimum Gasteiger partial charge on any atom is -0.480 e. The van der Waals surface area contributed by atoms with Crippen molar-refractivity contribution in [1.29, 1.82) is 0 Å². The number of hydrogen-bond donors (Lipinski definition) is 2. The van der Waals surface area contributed by atoms with Gasteiger partial charge in [-0.25, -0.2) is 0 Å². The van der Waals surface area contributed by atoms with Crippen molar-refractivity contribution in [3.8, 4) is 5.75 Å². The van der Waals surface area contributed by atoms with E-state index in [4.69, 9.17) is 9.84 Å². The molecular formula is C15H18N2O5. The van der Waals surface area contributed by atoms with Gasteiger partial charge in [0.2, 0.25) is 5.91 Å². The minimum absolute atomic E-state index is 0.0183. The van der Waals surface area contributed by atoms with Gasteiger partial charge in [-0.15, -0.1) is 0 Å². The Bertz CT molecular complexity index is 601. The lowest BCUT2D eigenvalue weighted by atomic mass is 10.1. The van der Waals surface area contributed by atoms with Gasteiger partial charge in [-0.1, -0.05) is 12.1 Å². The Morgan fingerprint density at radius 2 is 2.09 bits per heavy atom. The fourth-order valence-electron chi connectivity index (χ4n) is 2.18. The highest BCUT2D eigenvalue weighted by molar-refractivity contribution is 6.00. The van der Waals surface area contributed by atoms with Gasteiger partial charge in [-0.3, -0.25) is 14.4 Å². The van der Waals surface area contributed by atoms with Crippen molar-refractivity contribution in [1.82, 2.24) is 5.32 Å². The fraction of sp³-hybridized carbons (Fsp3) is 0.400. The molecule has 0 aromatic heterocycles. The number of amides is 2. The summed E-state index contributed by atoms with van der Waals surface area (Å²) in [6, 6.07) is 6.14. The summed E-state index contributed by atoms with van der Waals surface area (Å²) < 4.78 is 5.51. The summed E-state index contributed by atoms with van der Waals surface area (Å²) in [4.78, 5) is 36.2. The summed E-state index contributed by atoms with van der Waals surface area (Å²) in [6.45, 7) is 3.21. The number of carboxylic acids is 1. The van der Waals surface area contributed by atoms with E-state index in [-0.39, 0.29) is 18.9 Å². The topological polar surface area (TPSA) is 95.9 Å². The van der Waals surface area contributed by atoms with Crippen molar-refractivity contribution in [2.24, 2.45) is 0 Å². The van der Waals surface area contributed by atoms with Crippen molar-refractivity contribution in [2.45, 2.75) is 32.4 Å². The highest BCUT2D eigenvalue weighted by Gasteiger charge is 2.31. The second-order valence-corrected chi connectivity index (χ2v) is 5.10. The molecule has 2 atom stereocenters. The fourth-order valence-corrected chi connectivity index (χ4v) is 2.18. The first kappa shape index (κ1) is 15.8. The number of carboxylic acid groups (broad SMARTS) is 1. The molecule has 2 N–H and O–H groups in total. The molecule has 7 heteroatoms. The Balaban J connectivity index is 2.04. The van der Waals surface area contributed by atoms with Crippen LogP contribution < -0.4 is 15.0 Å². The van der Waals surface area contributed by atoms with Crippen LogP contribution in [0.2, 0.25) is 0 Å². The number of nitrogens with zero attached hydrogens (tertiary/aromatic N) is 1. The van der Waals surface area contributed by atoms with Gasteiger partial charge in [-0.05, 0) is 26.0 Å². The molecule has 1 aliphatic heterocycles. The monoisotopic (exact) mass is 306 g/mol. The number of benzene rings is 1. The van der Waals surface area contributed by atoms with Gasteiger partial charge in [-0.2, -0.15) is 0 Å². The molecule has 0 bridgehead atoms. The third-order valence-electron chi connectivity index (χ3n) is 3.38. The van der Waals surface area contributed by atoms with Crippen LogP contribution in [-0.4, -0.2) is 41.6 Å². The van der Waals surface area contributed by atoms with Crippen molar-refractivity contribution in [3.05, 3.63) is 24.3 Å². The van der Waals surface area contributed by atoms with Crippen molar-refractivity contribution < 1.29 is 24.2 Å². The van der Waals surface area contributed by atoms with E-state index in [9.17, 15) is 14.4 Å². The first-order valence-electron chi connectivity index (χ1n) is 6.99. The molecule has 118 valence electrons. The smallest absolute Gasteiger partial charge is 0.325 e. The highest BCUT2D eigenvalue weighted by Crippen LogP contribution is 2.33. The molecule has 0 spiro atoms. The molecular weight excluding hydrogens is 288 g/mol. The Hall–Kier alpha value is -2.57. The third kappa shape index (κ3) is 3.36. The Morgan fingerprint density at radius 1 is 1.41 bits per heavy atom. The number of ether oxygens (including phenoxy) is 1. The third-order valence-corrected chi connectivity index (χ3v) is 3.38. The van der Waals surface area contributed by atoms with Crippen LogP contribution in [0.1, 0.15) is 20.3 Å². The SMILES string of the molecule is CC1Oc2ccccc2N(CCC(=O)N[C@H](C)C(=O)O)C1=O. The van der Waals surface area contributed by atoms with Crippen molar-refractivity contribution in [2.75, 3.05) is 11.4 Å². The summed E-state index contributed by atoms with van der Waals surface area (Å²) in [5.74, 6) is -1.15. The maximum Gasteiger partial charge on any atom is 0.325 e. The van der Waals surface area contributed by atoms with Crippen LogP contribution in [-0.2, 0) is 14.4 Å². The normalized spacial score (nSPS) is 18.2. The zero-order chi connectivity index (χ0) is 16.3. The molecule has 22 heavy (non-hydrogen) atoms. The molecule has 1 unspecified atom stereocenters. The minimum atomic E-state index is -1.10. The van der Waals surface area contributed by atoms with Gasteiger partial charge in [0.1, 0.15) is 11.8 Å².